The average Bonchev–Trinajstić information content (AvgIpc) is 3.25. The number of ether oxygens (including phenoxy) is 2. The smallest absolute Gasteiger partial charge is 0.164 e. The highest BCUT2D eigenvalue weighted by molar-refractivity contribution is 6.30. The number of aliphatic hydroxyl groups excluding tert-OH is 3. The lowest BCUT2D eigenvalue weighted by Gasteiger charge is -2.17. The Labute approximate surface area is 172 Å². The number of fused-ring (bicyclic) bond motifs is 1. The molecule has 1 fully saturated rings. The highest BCUT2D eigenvalue weighted by atomic mass is 35.5. The fourth-order valence-corrected chi connectivity index (χ4v) is 3.59. The maximum atomic E-state index is 10.3. The Balaban J connectivity index is 1.54. The summed E-state index contributed by atoms with van der Waals surface area (Å²) in [6.07, 6.45) is -1.99. The number of hydrogen-bond acceptors (Lipinski definition) is 7. The molecule has 0 saturated carbocycles. The average molecular weight is 420 g/mol. The van der Waals surface area contributed by atoms with E-state index in [1.54, 1.807) is 16.7 Å². The van der Waals surface area contributed by atoms with Gasteiger partial charge < -0.3 is 35.1 Å². The van der Waals surface area contributed by atoms with Crippen LogP contribution in [-0.4, -0.2) is 56.4 Å². The molecule has 154 valence electrons. The van der Waals surface area contributed by atoms with Crippen LogP contribution >= 0.6 is 11.6 Å². The standard InChI is InChI=1S/C20H22ClN3O5/c21-12-3-1-11(2-4-12)5-6-28-13-7-14(22)17-15(8-13)24(10-23-17)20-19(27)18(26)16(9-25)29-20/h1-4,7-8,10,16,18-20,25-27H,5-6,9,22H2. The summed E-state index contributed by atoms with van der Waals surface area (Å²) in [7, 11) is 0. The number of nitrogens with zero attached hydrogens (tertiary/aromatic N) is 2. The van der Waals surface area contributed by atoms with Gasteiger partial charge in [-0.05, 0) is 17.7 Å². The van der Waals surface area contributed by atoms with Crippen molar-refractivity contribution in [2.45, 2.75) is 31.0 Å². The largest absolute Gasteiger partial charge is 0.493 e. The van der Waals surface area contributed by atoms with Crippen molar-refractivity contribution < 1.29 is 24.8 Å². The summed E-state index contributed by atoms with van der Waals surface area (Å²) < 4.78 is 13.0. The molecule has 8 nitrogen and oxygen atoms in total. The fourth-order valence-electron chi connectivity index (χ4n) is 3.47. The van der Waals surface area contributed by atoms with Crippen LogP contribution in [0.5, 0.6) is 5.75 Å². The first-order chi connectivity index (χ1) is 14.0. The molecule has 0 bridgehead atoms. The lowest BCUT2D eigenvalue weighted by Crippen LogP contribution is -2.33. The molecule has 29 heavy (non-hydrogen) atoms. The Morgan fingerprint density at radius 3 is 2.62 bits per heavy atom. The third kappa shape index (κ3) is 3.90. The van der Waals surface area contributed by atoms with Crippen LogP contribution in [0.2, 0.25) is 5.02 Å². The van der Waals surface area contributed by atoms with Crippen molar-refractivity contribution >= 4 is 28.3 Å². The summed E-state index contributed by atoms with van der Waals surface area (Å²) in [5.74, 6) is 0.553. The van der Waals surface area contributed by atoms with Gasteiger partial charge in [-0.15, -0.1) is 0 Å². The lowest BCUT2D eigenvalue weighted by atomic mass is 10.1. The highest BCUT2D eigenvalue weighted by Gasteiger charge is 2.43. The zero-order valence-electron chi connectivity index (χ0n) is 15.5. The molecule has 0 spiro atoms. The van der Waals surface area contributed by atoms with E-state index in [1.165, 1.54) is 6.33 Å². The maximum Gasteiger partial charge on any atom is 0.164 e. The molecule has 0 radical (unpaired) electrons. The number of hydrogen-bond donors (Lipinski definition) is 4. The molecule has 9 heteroatoms. The molecular weight excluding hydrogens is 398 g/mol. The molecule has 1 aliphatic rings. The number of imidazole rings is 1. The van der Waals surface area contributed by atoms with E-state index < -0.39 is 31.1 Å². The predicted octanol–water partition coefficient (Wildman–Crippen LogP) is 1.50. The maximum absolute atomic E-state index is 10.3. The number of benzene rings is 2. The molecule has 4 rings (SSSR count). The number of nitrogen functional groups attached to an aromatic ring is 1. The number of aromatic nitrogens is 2. The van der Waals surface area contributed by atoms with Crippen molar-refractivity contribution in [1.29, 1.82) is 0 Å². The van der Waals surface area contributed by atoms with Gasteiger partial charge in [0.05, 0.1) is 30.7 Å². The van der Waals surface area contributed by atoms with Crippen molar-refractivity contribution in [3.8, 4) is 5.75 Å². The van der Waals surface area contributed by atoms with E-state index in [0.29, 0.717) is 40.5 Å². The van der Waals surface area contributed by atoms with Gasteiger partial charge in [-0.1, -0.05) is 23.7 Å². The normalized spacial score (nSPS) is 24.3. The Morgan fingerprint density at radius 1 is 1.17 bits per heavy atom. The lowest BCUT2D eigenvalue weighted by molar-refractivity contribution is -0.0508. The van der Waals surface area contributed by atoms with Crippen molar-refractivity contribution in [2.24, 2.45) is 0 Å². The molecule has 0 amide bonds. The number of nitrogens with two attached hydrogens (primary N) is 1. The summed E-state index contributed by atoms with van der Waals surface area (Å²) in [5.41, 5.74) is 8.78. The third-order valence-corrected chi connectivity index (χ3v) is 5.30. The summed E-state index contributed by atoms with van der Waals surface area (Å²) in [6.45, 7) is 0.0388. The molecule has 4 atom stereocenters. The monoisotopic (exact) mass is 419 g/mol. The van der Waals surface area contributed by atoms with Gasteiger partial charge in [-0.2, -0.15) is 0 Å². The van der Waals surface area contributed by atoms with E-state index in [0.717, 1.165) is 5.56 Å². The van der Waals surface area contributed by atoms with Gasteiger partial charge in [0.2, 0.25) is 0 Å². The molecule has 1 aromatic heterocycles. The van der Waals surface area contributed by atoms with Gasteiger partial charge in [0.15, 0.2) is 6.23 Å². The Morgan fingerprint density at radius 2 is 1.93 bits per heavy atom. The second-order valence-electron chi connectivity index (χ2n) is 6.99. The Bertz CT molecular complexity index is 994. The van der Waals surface area contributed by atoms with Crippen LogP contribution in [-0.2, 0) is 11.2 Å². The molecule has 1 aliphatic heterocycles. The van der Waals surface area contributed by atoms with Crippen LogP contribution in [0, 0.1) is 0 Å². The first-order valence-corrected chi connectivity index (χ1v) is 9.61. The number of anilines is 1. The topological polar surface area (TPSA) is 123 Å². The molecular formula is C20H22ClN3O5. The number of rotatable bonds is 6. The van der Waals surface area contributed by atoms with Crippen molar-refractivity contribution in [3.05, 3.63) is 53.3 Å². The van der Waals surface area contributed by atoms with Crippen LogP contribution in [0.3, 0.4) is 0 Å². The van der Waals surface area contributed by atoms with Crippen molar-refractivity contribution in [1.82, 2.24) is 9.55 Å². The van der Waals surface area contributed by atoms with Gasteiger partial charge in [-0.25, -0.2) is 4.98 Å². The van der Waals surface area contributed by atoms with Crippen LogP contribution in [0.15, 0.2) is 42.7 Å². The van der Waals surface area contributed by atoms with E-state index in [1.807, 2.05) is 24.3 Å². The van der Waals surface area contributed by atoms with E-state index in [4.69, 9.17) is 26.8 Å². The summed E-state index contributed by atoms with van der Waals surface area (Å²) in [4.78, 5) is 4.29. The van der Waals surface area contributed by atoms with Gasteiger partial charge in [0, 0.05) is 23.6 Å². The molecule has 3 aromatic rings. The van der Waals surface area contributed by atoms with Crippen molar-refractivity contribution in [2.75, 3.05) is 18.9 Å². The minimum atomic E-state index is -1.21. The summed E-state index contributed by atoms with van der Waals surface area (Å²) in [5, 5.41) is 30.3. The van der Waals surface area contributed by atoms with Gasteiger partial charge in [0.25, 0.3) is 0 Å². The van der Waals surface area contributed by atoms with Gasteiger partial charge in [0.1, 0.15) is 29.6 Å². The minimum Gasteiger partial charge on any atom is -0.493 e. The highest BCUT2D eigenvalue weighted by Crippen LogP contribution is 2.34. The molecule has 0 aliphatic carbocycles. The van der Waals surface area contributed by atoms with Crippen molar-refractivity contribution in [3.63, 3.8) is 0 Å². The first-order valence-electron chi connectivity index (χ1n) is 9.23. The second kappa shape index (κ2) is 8.17. The zero-order chi connectivity index (χ0) is 20.5. The molecule has 2 aromatic carbocycles. The van der Waals surface area contributed by atoms with E-state index in [2.05, 4.69) is 4.98 Å². The van der Waals surface area contributed by atoms with Gasteiger partial charge >= 0.3 is 0 Å². The SMILES string of the molecule is Nc1cc(OCCc2ccc(Cl)cc2)cc2c1ncn2C1OC(CO)C(O)C1O. The molecule has 1 saturated heterocycles. The van der Waals surface area contributed by atoms with E-state index in [9.17, 15) is 15.3 Å². The van der Waals surface area contributed by atoms with Crippen LogP contribution < -0.4 is 10.5 Å². The molecule has 5 N–H and O–H groups in total. The van der Waals surface area contributed by atoms with Crippen LogP contribution in [0.4, 0.5) is 5.69 Å². The second-order valence-corrected chi connectivity index (χ2v) is 7.42. The van der Waals surface area contributed by atoms with Crippen LogP contribution in [0.1, 0.15) is 11.8 Å². The van der Waals surface area contributed by atoms with E-state index >= 15 is 0 Å². The van der Waals surface area contributed by atoms with Crippen LogP contribution in [0.25, 0.3) is 11.0 Å². The summed E-state index contributed by atoms with van der Waals surface area (Å²) >= 11 is 5.90. The minimum absolute atomic E-state index is 0.400. The molecule has 2 heterocycles. The fraction of sp³-hybridized carbons (Fsp3) is 0.350. The van der Waals surface area contributed by atoms with E-state index in [-0.39, 0.29) is 0 Å². The van der Waals surface area contributed by atoms with Gasteiger partial charge in [-0.3, -0.25) is 0 Å². The molecule has 4 unspecified atom stereocenters. The Hall–Kier alpha value is -2.36. The zero-order valence-corrected chi connectivity index (χ0v) is 16.2. The third-order valence-electron chi connectivity index (χ3n) is 5.05. The predicted molar refractivity (Wildman–Crippen MR) is 108 cm³/mol. The first kappa shape index (κ1) is 19.9. The summed E-state index contributed by atoms with van der Waals surface area (Å²) in [6, 6.07) is 11.0. The number of halogens is 1. The Kier molecular flexibility index (Phi) is 5.62. The quantitative estimate of drug-likeness (QED) is 0.446. The number of aliphatic hydroxyl groups is 3.